The van der Waals surface area contributed by atoms with Gasteiger partial charge in [-0.3, -0.25) is 14.7 Å². The fourth-order valence-electron chi connectivity index (χ4n) is 3.00. The number of nitrogens with one attached hydrogen (secondary N) is 2. The van der Waals surface area contributed by atoms with Gasteiger partial charge in [0, 0.05) is 52.2 Å². The van der Waals surface area contributed by atoms with E-state index in [0.717, 1.165) is 58.2 Å². The van der Waals surface area contributed by atoms with Gasteiger partial charge in [0.2, 0.25) is 5.91 Å². The SMILES string of the molecule is CCCNC(=O)CCN=C(NCC)N1CCN(Cc2ccccc2)CC1. The molecule has 0 aromatic heterocycles. The molecule has 0 saturated carbocycles. The summed E-state index contributed by atoms with van der Waals surface area (Å²) in [4.78, 5) is 21.1. The molecule has 26 heavy (non-hydrogen) atoms. The first-order chi connectivity index (χ1) is 12.7. The van der Waals surface area contributed by atoms with Gasteiger partial charge in [-0.15, -0.1) is 0 Å². The number of hydrogen-bond acceptors (Lipinski definition) is 3. The smallest absolute Gasteiger partial charge is 0.221 e. The highest BCUT2D eigenvalue weighted by atomic mass is 16.1. The molecule has 6 nitrogen and oxygen atoms in total. The Morgan fingerprint density at radius 3 is 2.46 bits per heavy atom. The number of nitrogens with zero attached hydrogens (tertiary/aromatic N) is 3. The van der Waals surface area contributed by atoms with Crippen LogP contribution < -0.4 is 10.6 Å². The highest BCUT2D eigenvalue weighted by Crippen LogP contribution is 2.08. The van der Waals surface area contributed by atoms with Gasteiger partial charge in [-0.05, 0) is 18.9 Å². The Morgan fingerprint density at radius 2 is 1.81 bits per heavy atom. The molecule has 0 radical (unpaired) electrons. The van der Waals surface area contributed by atoms with Gasteiger partial charge in [0.05, 0.1) is 6.54 Å². The molecule has 1 heterocycles. The van der Waals surface area contributed by atoms with Crippen molar-refractivity contribution in [2.45, 2.75) is 33.2 Å². The number of rotatable bonds is 8. The van der Waals surface area contributed by atoms with E-state index in [2.05, 4.69) is 69.6 Å². The second kappa shape index (κ2) is 11.5. The third-order valence-electron chi connectivity index (χ3n) is 4.43. The second-order valence-corrected chi connectivity index (χ2v) is 6.58. The summed E-state index contributed by atoms with van der Waals surface area (Å²) in [6, 6.07) is 10.6. The van der Waals surface area contributed by atoms with E-state index in [4.69, 9.17) is 0 Å². The topological polar surface area (TPSA) is 60.0 Å². The van der Waals surface area contributed by atoms with Gasteiger partial charge < -0.3 is 15.5 Å². The average Bonchev–Trinajstić information content (AvgIpc) is 2.67. The molecule has 1 fully saturated rings. The Hall–Kier alpha value is -2.08. The Morgan fingerprint density at radius 1 is 1.08 bits per heavy atom. The van der Waals surface area contributed by atoms with Crippen LogP contribution in [0.5, 0.6) is 0 Å². The van der Waals surface area contributed by atoms with Crippen LogP contribution in [-0.2, 0) is 11.3 Å². The molecular formula is C20H33N5O. The van der Waals surface area contributed by atoms with Gasteiger partial charge in [-0.2, -0.15) is 0 Å². The summed E-state index contributed by atoms with van der Waals surface area (Å²) >= 11 is 0. The molecule has 0 bridgehead atoms. The van der Waals surface area contributed by atoms with Crippen molar-refractivity contribution >= 4 is 11.9 Å². The largest absolute Gasteiger partial charge is 0.357 e. The zero-order chi connectivity index (χ0) is 18.6. The van der Waals surface area contributed by atoms with Gasteiger partial charge in [0.1, 0.15) is 0 Å². The second-order valence-electron chi connectivity index (χ2n) is 6.58. The van der Waals surface area contributed by atoms with Gasteiger partial charge in [-0.1, -0.05) is 37.3 Å². The third-order valence-corrected chi connectivity index (χ3v) is 4.43. The fourth-order valence-corrected chi connectivity index (χ4v) is 3.00. The molecule has 0 aliphatic carbocycles. The van der Waals surface area contributed by atoms with Crippen LogP contribution in [0.3, 0.4) is 0 Å². The van der Waals surface area contributed by atoms with Crippen LogP contribution in [0.2, 0.25) is 0 Å². The van der Waals surface area contributed by atoms with E-state index in [9.17, 15) is 4.79 Å². The molecule has 1 aliphatic rings. The molecule has 1 amide bonds. The first-order valence-corrected chi connectivity index (χ1v) is 9.79. The van der Waals surface area contributed by atoms with Crippen molar-refractivity contribution < 1.29 is 4.79 Å². The standard InChI is InChI=1S/C20H33N5O/c1-3-11-22-19(26)10-12-23-20(21-4-2)25-15-13-24(14-16-25)17-18-8-6-5-7-9-18/h5-9H,3-4,10-17H2,1-2H3,(H,21,23)(H,22,26). The maximum Gasteiger partial charge on any atom is 0.221 e. The third kappa shape index (κ3) is 7.04. The summed E-state index contributed by atoms with van der Waals surface area (Å²) in [6.07, 6.45) is 1.41. The number of carbonyl (C=O) groups excluding carboxylic acids is 1. The molecule has 6 heteroatoms. The molecule has 1 aromatic rings. The summed E-state index contributed by atoms with van der Waals surface area (Å²) in [6.45, 7) is 11.2. The van der Waals surface area contributed by atoms with Crippen molar-refractivity contribution in [1.82, 2.24) is 20.4 Å². The molecule has 0 atom stereocenters. The molecule has 1 saturated heterocycles. The van der Waals surface area contributed by atoms with Gasteiger partial charge in [0.15, 0.2) is 5.96 Å². The first-order valence-electron chi connectivity index (χ1n) is 9.79. The minimum absolute atomic E-state index is 0.0825. The van der Waals surface area contributed by atoms with Gasteiger partial charge in [0.25, 0.3) is 0 Å². The van der Waals surface area contributed by atoms with Gasteiger partial charge in [-0.25, -0.2) is 0 Å². The molecular weight excluding hydrogens is 326 g/mol. The summed E-state index contributed by atoms with van der Waals surface area (Å²) < 4.78 is 0. The number of amides is 1. The van der Waals surface area contributed by atoms with E-state index in [1.54, 1.807) is 0 Å². The first kappa shape index (κ1) is 20.2. The molecule has 1 aromatic carbocycles. The lowest BCUT2D eigenvalue weighted by Gasteiger charge is -2.36. The van der Waals surface area contributed by atoms with Crippen LogP contribution in [-0.4, -0.2) is 67.5 Å². The number of piperazine rings is 1. The Labute approximate surface area is 157 Å². The minimum atomic E-state index is 0.0825. The van der Waals surface area contributed by atoms with Crippen molar-refractivity contribution in [2.75, 3.05) is 45.8 Å². The zero-order valence-corrected chi connectivity index (χ0v) is 16.2. The zero-order valence-electron chi connectivity index (χ0n) is 16.2. The summed E-state index contributed by atoms with van der Waals surface area (Å²) in [7, 11) is 0. The molecule has 2 N–H and O–H groups in total. The maximum atomic E-state index is 11.7. The van der Waals surface area contributed by atoms with Crippen LogP contribution in [0, 0.1) is 0 Å². The number of benzene rings is 1. The van der Waals surface area contributed by atoms with Crippen molar-refractivity contribution in [3.8, 4) is 0 Å². The van der Waals surface area contributed by atoms with E-state index in [0.29, 0.717) is 13.0 Å². The monoisotopic (exact) mass is 359 g/mol. The van der Waals surface area contributed by atoms with E-state index < -0.39 is 0 Å². The van der Waals surface area contributed by atoms with Crippen LogP contribution in [0.15, 0.2) is 35.3 Å². The Kier molecular flexibility index (Phi) is 8.96. The Balaban J connectivity index is 1.79. The van der Waals surface area contributed by atoms with Gasteiger partial charge >= 0.3 is 0 Å². The van der Waals surface area contributed by atoms with E-state index >= 15 is 0 Å². The lowest BCUT2D eigenvalue weighted by molar-refractivity contribution is -0.120. The van der Waals surface area contributed by atoms with Crippen molar-refractivity contribution in [2.24, 2.45) is 4.99 Å². The summed E-state index contributed by atoms with van der Waals surface area (Å²) in [5.41, 5.74) is 1.36. The number of carbonyl (C=O) groups is 1. The predicted molar refractivity (Wildman–Crippen MR) is 107 cm³/mol. The lowest BCUT2D eigenvalue weighted by Crippen LogP contribution is -2.52. The minimum Gasteiger partial charge on any atom is -0.357 e. The van der Waals surface area contributed by atoms with Crippen molar-refractivity contribution in [1.29, 1.82) is 0 Å². The quantitative estimate of drug-likeness (QED) is 0.548. The summed E-state index contributed by atoms with van der Waals surface area (Å²) in [5, 5.41) is 6.26. The molecule has 2 rings (SSSR count). The highest BCUT2D eigenvalue weighted by Gasteiger charge is 2.19. The van der Waals surface area contributed by atoms with Crippen molar-refractivity contribution in [3.63, 3.8) is 0 Å². The highest BCUT2D eigenvalue weighted by molar-refractivity contribution is 5.81. The van der Waals surface area contributed by atoms with Crippen LogP contribution >= 0.6 is 0 Å². The van der Waals surface area contributed by atoms with Crippen LogP contribution in [0.25, 0.3) is 0 Å². The van der Waals surface area contributed by atoms with E-state index in [1.165, 1.54) is 5.56 Å². The van der Waals surface area contributed by atoms with Crippen molar-refractivity contribution in [3.05, 3.63) is 35.9 Å². The van der Waals surface area contributed by atoms with Crippen LogP contribution in [0.1, 0.15) is 32.3 Å². The lowest BCUT2D eigenvalue weighted by atomic mass is 10.2. The number of guanidine groups is 1. The fraction of sp³-hybridized carbons (Fsp3) is 0.600. The average molecular weight is 360 g/mol. The predicted octanol–water partition coefficient (Wildman–Crippen LogP) is 1.69. The normalized spacial score (nSPS) is 15.8. The van der Waals surface area contributed by atoms with E-state index in [-0.39, 0.29) is 5.91 Å². The maximum absolute atomic E-state index is 11.7. The number of hydrogen-bond donors (Lipinski definition) is 2. The number of aliphatic imine (C=N–C) groups is 1. The summed E-state index contributed by atoms with van der Waals surface area (Å²) in [5.74, 6) is 1.01. The molecule has 0 unspecified atom stereocenters. The van der Waals surface area contributed by atoms with Crippen LogP contribution in [0.4, 0.5) is 0 Å². The Bertz CT molecular complexity index is 553. The van der Waals surface area contributed by atoms with E-state index in [1.807, 2.05) is 0 Å². The molecule has 0 spiro atoms. The molecule has 144 valence electrons. The molecule has 1 aliphatic heterocycles.